The molecule has 0 saturated carbocycles. The van der Waals surface area contributed by atoms with Gasteiger partial charge in [0.05, 0.1) is 11.9 Å². The number of halogens is 1. The molecule has 1 aromatic heterocycles. The lowest BCUT2D eigenvalue weighted by molar-refractivity contribution is 0.102. The number of carbonyl (C=O) groups is 1. The summed E-state index contributed by atoms with van der Waals surface area (Å²) in [6, 6.07) is 15.2. The van der Waals surface area contributed by atoms with Gasteiger partial charge in [-0.05, 0) is 60.4 Å². The molecule has 3 aromatic rings. The lowest BCUT2D eigenvalue weighted by Gasteiger charge is -2.17. The summed E-state index contributed by atoms with van der Waals surface area (Å²) in [6.45, 7) is 6.37. The second-order valence-corrected chi connectivity index (χ2v) is 6.71. The number of nitrogens with zero attached hydrogens (tertiary/aromatic N) is 1. The van der Waals surface area contributed by atoms with Crippen molar-refractivity contribution in [2.45, 2.75) is 26.7 Å². The van der Waals surface area contributed by atoms with Crippen LogP contribution in [0.1, 0.15) is 41.3 Å². The molecule has 5 heteroatoms. The zero-order valence-electron chi connectivity index (χ0n) is 15.6. The maximum Gasteiger partial charge on any atom is 0.255 e. The van der Waals surface area contributed by atoms with Gasteiger partial charge in [-0.2, -0.15) is 0 Å². The smallest absolute Gasteiger partial charge is 0.255 e. The molecule has 0 unspecified atom stereocenters. The Labute approximate surface area is 158 Å². The van der Waals surface area contributed by atoms with Gasteiger partial charge in [-0.25, -0.2) is 9.37 Å². The quantitative estimate of drug-likeness (QED) is 0.616. The summed E-state index contributed by atoms with van der Waals surface area (Å²) in [6.07, 6.45) is 1.59. The van der Waals surface area contributed by atoms with Crippen molar-refractivity contribution in [3.63, 3.8) is 0 Å². The number of amides is 1. The van der Waals surface area contributed by atoms with E-state index in [1.54, 1.807) is 12.3 Å². The minimum absolute atomic E-state index is 0.307. The molecule has 3 rings (SSSR count). The van der Waals surface area contributed by atoms with Crippen molar-refractivity contribution >= 4 is 23.1 Å². The Bertz CT molecular complexity index is 935. The Kier molecular flexibility index (Phi) is 5.50. The second kappa shape index (κ2) is 7.99. The fourth-order valence-corrected chi connectivity index (χ4v) is 2.82. The number of hydrogen-bond acceptors (Lipinski definition) is 3. The highest BCUT2D eigenvalue weighted by molar-refractivity contribution is 6.04. The lowest BCUT2D eigenvalue weighted by atomic mass is 9.98. The zero-order valence-corrected chi connectivity index (χ0v) is 15.6. The highest BCUT2D eigenvalue weighted by atomic mass is 19.1. The molecule has 0 saturated heterocycles. The number of hydrogen-bond donors (Lipinski definition) is 2. The van der Waals surface area contributed by atoms with E-state index in [0.29, 0.717) is 23.0 Å². The van der Waals surface area contributed by atoms with Gasteiger partial charge in [0.2, 0.25) is 0 Å². The van der Waals surface area contributed by atoms with Crippen molar-refractivity contribution in [2.24, 2.45) is 0 Å². The van der Waals surface area contributed by atoms with Gasteiger partial charge in [-0.15, -0.1) is 0 Å². The van der Waals surface area contributed by atoms with E-state index < -0.39 is 0 Å². The van der Waals surface area contributed by atoms with Gasteiger partial charge in [0.15, 0.2) is 0 Å². The van der Waals surface area contributed by atoms with Crippen LogP contribution in [-0.4, -0.2) is 10.9 Å². The normalized spacial score (nSPS) is 10.7. The monoisotopic (exact) mass is 363 g/mol. The summed E-state index contributed by atoms with van der Waals surface area (Å²) in [5.41, 5.74) is 4.40. The third-order valence-electron chi connectivity index (χ3n) is 4.31. The molecule has 0 spiro atoms. The van der Waals surface area contributed by atoms with E-state index in [9.17, 15) is 9.18 Å². The average molecular weight is 363 g/mol. The number of aryl methyl sites for hydroxylation is 1. The number of nitrogens with one attached hydrogen (secondary N) is 2. The summed E-state index contributed by atoms with van der Waals surface area (Å²) >= 11 is 0. The second-order valence-electron chi connectivity index (χ2n) is 6.71. The van der Waals surface area contributed by atoms with Gasteiger partial charge in [-0.3, -0.25) is 4.79 Å². The molecule has 0 aliphatic heterocycles. The summed E-state index contributed by atoms with van der Waals surface area (Å²) in [4.78, 5) is 16.6. The number of carbonyl (C=O) groups excluding carboxylic acids is 1. The first-order valence-corrected chi connectivity index (χ1v) is 8.83. The van der Waals surface area contributed by atoms with E-state index in [4.69, 9.17) is 0 Å². The Morgan fingerprint density at radius 1 is 1.04 bits per heavy atom. The molecule has 0 aliphatic rings. The molecule has 2 aromatic carbocycles. The fraction of sp³-hybridized carbons (Fsp3) is 0.182. The Morgan fingerprint density at radius 3 is 2.41 bits per heavy atom. The molecule has 2 N–H and O–H groups in total. The van der Waals surface area contributed by atoms with Crippen LogP contribution >= 0.6 is 0 Å². The van der Waals surface area contributed by atoms with Crippen LogP contribution in [0.25, 0.3) is 0 Å². The minimum atomic E-state index is -0.374. The number of para-hydroxylation sites is 1. The third-order valence-corrected chi connectivity index (χ3v) is 4.31. The molecule has 0 aliphatic carbocycles. The van der Waals surface area contributed by atoms with Crippen LogP contribution in [0.5, 0.6) is 0 Å². The van der Waals surface area contributed by atoms with Crippen LogP contribution in [0, 0.1) is 12.7 Å². The SMILES string of the molecule is Cc1cccc(C(C)C)c1Nc1ccc(NC(=O)c2ccc(F)cc2)cn1. The predicted octanol–water partition coefficient (Wildman–Crippen LogP) is 5.65. The highest BCUT2D eigenvalue weighted by Crippen LogP contribution is 2.29. The fourth-order valence-electron chi connectivity index (χ4n) is 2.82. The number of pyridine rings is 1. The van der Waals surface area contributed by atoms with Crippen molar-refractivity contribution in [1.29, 1.82) is 0 Å². The first-order chi connectivity index (χ1) is 12.9. The molecule has 138 valence electrons. The molecule has 27 heavy (non-hydrogen) atoms. The van der Waals surface area contributed by atoms with Gasteiger partial charge < -0.3 is 10.6 Å². The molecular formula is C22H22FN3O. The van der Waals surface area contributed by atoms with Crippen molar-refractivity contribution in [3.8, 4) is 0 Å². The van der Waals surface area contributed by atoms with Crippen molar-refractivity contribution < 1.29 is 9.18 Å². The predicted molar refractivity (Wildman–Crippen MR) is 107 cm³/mol. The van der Waals surface area contributed by atoms with Crippen molar-refractivity contribution in [3.05, 3.63) is 83.3 Å². The Balaban J connectivity index is 1.73. The van der Waals surface area contributed by atoms with E-state index >= 15 is 0 Å². The molecular weight excluding hydrogens is 341 g/mol. The summed E-state index contributed by atoms with van der Waals surface area (Å²) < 4.78 is 13.0. The molecule has 4 nitrogen and oxygen atoms in total. The molecule has 0 atom stereocenters. The summed E-state index contributed by atoms with van der Waals surface area (Å²) in [5, 5.41) is 6.13. The summed E-state index contributed by atoms with van der Waals surface area (Å²) in [5.74, 6) is 0.409. The van der Waals surface area contributed by atoms with Gasteiger partial charge in [0.25, 0.3) is 5.91 Å². The molecule has 1 amide bonds. The van der Waals surface area contributed by atoms with Gasteiger partial charge in [0.1, 0.15) is 11.6 Å². The molecule has 1 heterocycles. The first kappa shape index (κ1) is 18.6. The zero-order chi connectivity index (χ0) is 19.4. The van der Waals surface area contributed by atoms with Gasteiger partial charge >= 0.3 is 0 Å². The van der Waals surface area contributed by atoms with E-state index in [-0.39, 0.29) is 11.7 Å². The van der Waals surface area contributed by atoms with Crippen molar-refractivity contribution in [2.75, 3.05) is 10.6 Å². The number of aromatic nitrogens is 1. The number of benzene rings is 2. The van der Waals surface area contributed by atoms with Gasteiger partial charge in [-0.1, -0.05) is 32.0 Å². The van der Waals surface area contributed by atoms with Crippen LogP contribution in [0.15, 0.2) is 60.8 Å². The Hall–Kier alpha value is -3.21. The maximum atomic E-state index is 13.0. The topological polar surface area (TPSA) is 54.0 Å². The largest absolute Gasteiger partial charge is 0.340 e. The number of rotatable bonds is 5. The number of anilines is 3. The maximum absolute atomic E-state index is 13.0. The average Bonchev–Trinajstić information content (AvgIpc) is 2.65. The summed E-state index contributed by atoms with van der Waals surface area (Å²) in [7, 11) is 0. The van der Waals surface area contributed by atoms with E-state index in [1.807, 2.05) is 6.07 Å². The molecule has 0 radical (unpaired) electrons. The van der Waals surface area contributed by atoms with Crippen LogP contribution in [0.4, 0.5) is 21.6 Å². The lowest BCUT2D eigenvalue weighted by Crippen LogP contribution is -2.12. The molecule has 0 bridgehead atoms. The third kappa shape index (κ3) is 4.50. The van der Waals surface area contributed by atoms with Gasteiger partial charge in [0, 0.05) is 11.3 Å². The van der Waals surface area contributed by atoms with Crippen LogP contribution in [-0.2, 0) is 0 Å². The minimum Gasteiger partial charge on any atom is -0.340 e. The highest BCUT2D eigenvalue weighted by Gasteiger charge is 2.10. The molecule has 0 fully saturated rings. The van der Waals surface area contributed by atoms with E-state index in [1.165, 1.54) is 29.8 Å². The standard InChI is InChI=1S/C22H22FN3O/c1-14(2)19-6-4-5-15(3)21(19)26-20-12-11-18(13-24-20)25-22(27)16-7-9-17(23)10-8-16/h4-14H,1-3H3,(H,24,26)(H,25,27). The Morgan fingerprint density at radius 2 is 1.78 bits per heavy atom. The van der Waals surface area contributed by atoms with Crippen LogP contribution in [0.3, 0.4) is 0 Å². The van der Waals surface area contributed by atoms with Crippen LogP contribution < -0.4 is 10.6 Å². The van der Waals surface area contributed by atoms with Crippen LogP contribution in [0.2, 0.25) is 0 Å². The first-order valence-electron chi connectivity index (χ1n) is 8.83. The van der Waals surface area contributed by atoms with E-state index in [0.717, 1.165) is 11.3 Å². The van der Waals surface area contributed by atoms with Crippen molar-refractivity contribution in [1.82, 2.24) is 4.98 Å². The van der Waals surface area contributed by atoms with E-state index in [2.05, 4.69) is 54.6 Å².